The number of nitrogens with zero attached hydrogens (tertiary/aromatic N) is 1. The lowest BCUT2D eigenvalue weighted by molar-refractivity contribution is 0.0622. The average Bonchev–Trinajstić information content (AvgIpc) is 2.47. The minimum absolute atomic E-state index is 0.305. The third-order valence-corrected chi connectivity index (χ3v) is 5.37. The second-order valence-electron chi connectivity index (χ2n) is 7.25. The van der Waals surface area contributed by atoms with E-state index in [1.165, 1.54) is 11.3 Å². The molecule has 0 aromatic heterocycles. The molecule has 21 heavy (non-hydrogen) atoms. The Kier molecular flexibility index (Phi) is 5.75. The normalized spacial score (nSPS) is 25.8. The van der Waals surface area contributed by atoms with Crippen molar-refractivity contribution in [3.05, 3.63) is 35.9 Å². The lowest BCUT2D eigenvalue weighted by Crippen LogP contribution is -2.59. The molecule has 118 valence electrons. The van der Waals surface area contributed by atoms with E-state index in [2.05, 4.69) is 74.5 Å². The SMILES string of the molecule is CSCC(C)N1CC(C(C)(C)C)NCC1c1ccccc1. The van der Waals surface area contributed by atoms with Gasteiger partial charge in [-0.25, -0.2) is 0 Å². The van der Waals surface area contributed by atoms with Crippen molar-refractivity contribution in [2.24, 2.45) is 5.41 Å². The summed E-state index contributed by atoms with van der Waals surface area (Å²) in [4.78, 5) is 2.71. The van der Waals surface area contributed by atoms with E-state index in [0.717, 1.165) is 13.1 Å². The lowest BCUT2D eigenvalue weighted by atomic mass is 9.83. The van der Waals surface area contributed by atoms with Crippen LogP contribution >= 0.6 is 11.8 Å². The van der Waals surface area contributed by atoms with Crippen LogP contribution in [0.2, 0.25) is 0 Å². The summed E-state index contributed by atoms with van der Waals surface area (Å²) in [5, 5.41) is 3.79. The van der Waals surface area contributed by atoms with Crippen LogP contribution in [-0.4, -0.2) is 42.1 Å². The van der Waals surface area contributed by atoms with Gasteiger partial charge in [-0.2, -0.15) is 11.8 Å². The maximum Gasteiger partial charge on any atom is 0.0476 e. The molecule has 3 unspecified atom stereocenters. The van der Waals surface area contributed by atoms with Crippen LogP contribution in [0.25, 0.3) is 0 Å². The number of rotatable bonds is 4. The Morgan fingerprint density at radius 3 is 2.52 bits per heavy atom. The molecule has 1 aromatic rings. The Morgan fingerprint density at radius 2 is 1.95 bits per heavy atom. The smallest absolute Gasteiger partial charge is 0.0476 e. The maximum absolute atomic E-state index is 3.79. The molecule has 0 spiro atoms. The van der Waals surface area contributed by atoms with Crippen LogP contribution in [0.3, 0.4) is 0 Å². The average molecular weight is 307 g/mol. The third kappa shape index (κ3) is 4.24. The maximum atomic E-state index is 3.79. The van der Waals surface area contributed by atoms with Crippen LogP contribution in [0.15, 0.2) is 30.3 Å². The van der Waals surface area contributed by atoms with E-state index in [9.17, 15) is 0 Å². The van der Waals surface area contributed by atoms with Gasteiger partial charge < -0.3 is 5.32 Å². The molecule has 2 rings (SSSR count). The summed E-state index contributed by atoms with van der Waals surface area (Å²) < 4.78 is 0. The third-order valence-electron chi connectivity index (χ3n) is 4.56. The van der Waals surface area contributed by atoms with Crippen molar-refractivity contribution in [2.75, 3.05) is 25.1 Å². The second-order valence-corrected chi connectivity index (χ2v) is 8.17. The molecule has 1 heterocycles. The topological polar surface area (TPSA) is 15.3 Å². The fourth-order valence-corrected chi connectivity index (χ4v) is 3.84. The van der Waals surface area contributed by atoms with Gasteiger partial charge >= 0.3 is 0 Å². The number of hydrogen-bond acceptors (Lipinski definition) is 3. The number of nitrogens with one attached hydrogen (secondary N) is 1. The first kappa shape index (κ1) is 16.9. The highest BCUT2D eigenvalue weighted by atomic mass is 32.2. The first-order valence-electron chi connectivity index (χ1n) is 7.96. The standard InChI is InChI=1S/C18H30N2S/c1-14(13-21-5)20-12-17(18(2,3)4)19-11-16(20)15-9-7-6-8-10-15/h6-10,14,16-17,19H,11-13H2,1-5H3. The van der Waals surface area contributed by atoms with Gasteiger partial charge in [-0.15, -0.1) is 0 Å². The van der Waals surface area contributed by atoms with Crippen molar-refractivity contribution in [1.82, 2.24) is 10.2 Å². The van der Waals surface area contributed by atoms with Gasteiger partial charge in [0.2, 0.25) is 0 Å². The summed E-state index contributed by atoms with van der Waals surface area (Å²) in [5.41, 5.74) is 1.74. The fourth-order valence-electron chi connectivity index (χ4n) is 3.16. The van der Waals surface area contributed by atoms with Crippen LogP contribution in [0, 0.1) is 5.41 Å². The van der Waals surface area contributed by atoms with Crippen molar-refractivity contribution in [3.63, 3.8) is 0 Å². The zero-order valence-electron chi connectivity index (χ0n) is 14.1. The molecule has 3 atom stereocenters. The van der Waals surface area contributed by atoms with Crippen molar-refractivity contribution in [1.29, 1.82) is 0 Å². The largest absolute Gasteiger partial charge is 0.310 e. The molecule has 1 fully saturated rings. The van der Waals surface area contributed by atoms with Gasteiger partial charge in [0.15, 0.2) is 0 Å². The Morgan fingerprint density at radius 1 is 1.29 bits per heavy atom. The lowest BCUT2D eigenvalue weighted by Gasteiger charge is -2.47. The first-order valence-corrected chi connectivity index (χ1v) is 9.36. The van der Waals surface area contributed by atoms with E-state index in [4.69, 9.17) is 0 Å². The highest BCUT2D eigenvalue weighted by Crippen LogP contribution is 2.31. The molecule has 1 aliphatic heterocycles. The Balaban J connectivity index is 2.20. The van der Waals surface area contributed by atoms with Crippen LogP contribution in [-0.2, 0) is 0 Å². The van der Waals surface area contributed by atoms with Crippen molar-refractivity contribution in [2.45, 2.75) is 45.8 Å². The van der Waals surface area contributed by atoms with Crippen molar-refractivity contribution in [3.8, 4) is 0 Å². The van der Waals surface area contributed by atoms with Gasteiger partial charge in [-0.05, 0) is 24.2 Å². The van der Waals surface area contributed by atoms with Crippen LogP contribution < -0.4 is 5.32 Å². The van der Waals surface area contributed by atoms with Gasteiger partial charge in [0, 0.05) is 37.0 Å². The molecular weight excluding hydrogens is 276 g/mol. The van der Waals surface area contributed by atoms with E-state index in [-0.39, 0.29) is 0 Å². The number of benzene rings is 1. The molecule has 0 amide bonds. The number of piperazine rings is 1. The molecule has 1 aliphatic rings. The van der Waals surface area contributed by atoms with Gasteiger partial charge in [-0.1, -0.05) is 51.1 Å². The molecule has 3 heteroatoms. The molecular formula is C18H30N2S. The molecule has 0 saturated carbocycles. The predicted octanol–water partition coefficient (Wildman–Crippen LogP) is 3.80. The molecule has 0 radical (unpaired) electrons. The van der Waals surface area contributed by atoms with Gasteiger partial charge in [0.1, 0.15) is 0 Å². The molecule has 1 N–H and O–H groups in total. The minimum Gasteiger partial charge on any atom is -0.310 e. The molecule has 1 saturated heterocycles. The summed E-state index contributed by atoms with van der Waals surface area (Å²) in [6.07, 6.45) is 2.21. The quantitative estimate of drug-likeness (QED) is 0.911. The summed E-state index contributed by atoms with van der Waals surface area (Å²) in [6.45, 7) is 11.6. The van der Waals surface area contributed by atoms with E-state index in [0.29, 0.717) is 23.5 Å². The predicted molar refractivity (Wildman–Crippen MR) is 95.0 cm³/mol. The summed E-state index contributed by atoms with van der Waals surface area (Å²) >= 11 is 1.95. The van der Waals surface area contributed by atoms with Crippen LogP contribution in [0.5, 0.6) is 0 Å². The monoisotopic (exact) mass is 306 g/mol. The summed E-state index contributed by atoms with van der Waals surface area (Å²) in [6, 6.07) is 12.6. The van der Waals surface area contributed by atoms with Crippen molar-refractivity contribution < 1.29 is 0 Å². The van der Waals surface area contributed by atoms with Gasteiger partial charge in [0.25, 0.3) is 0 Å². The number of hydrogen-bond donors (Lipinski definition) is 1. The molecule has 0 bridgehead atoms. The Labute approximate surface area is 134 Å². The Bertz CT molecular complexity index is 427. The second kappa shape index (κ2) is 7.17. The molecule has 0 aliphatic carbocycles. The fraction of sp³-hybridized carbons (Fsp3) is 0.667. The van der Waals surface area contributed by atoms with E-state index < -0.39 is 0 Å². The zero-order chi connectivity index (χ0) is 15.5. The highest BCUT2D eigenvalue weighted by molar-refractivity contribution is 7.98. The Hall–Kier alpha value is -0.510. The van der Waals surface area contributed by atoms with Crippen molar-refractivity contribution >= 4 is 11.8 Å². The van der Waals surface area contributed by atoms with E-state index >= 15 is 0 Å². The zero-order valence-corrected chi connectivity index (χ0v) is 14.9. The van der Waals surface area contributed by atoms with Crippen LogP contribution in [0.4, 0.5) is 0 Å². The summed E-state index contributed by atoms with van der Waals surface area (Å²) in [7, 11) is 0. The van der Waals surface area contributed by atoms with Gasteiger partial charge in [0.05, 0.1) is 0 Å². The van der Waals surface area contributed by atoms with E-state index in [1.807, 2.05) is 11.8 Å². The van der Waals surface area contributed by atoms with E-state index in [1.54, 1.807) is 0 Å². The minimum atomic E-state index is 0.305. The van der Waals surface area contributed by atoms with Gasteiger partial charge in [-0.3, -0.25) is 4.90 Å². The summed E-state index contributed by atoms with van der Waals surface area (Å²) in [5.74, 6) is 1.19. The molecule has 2 nitrogen and oxygen atoms in total. The molecule has 1 aromatic carbocycles. The number of thioether (sulfide) groups is 1. The highest BCUT2D eigenvalue weighted by Gasteiger charge is 2.36. The first-order chi connectivity index (χ1) is 9.93. The van der Waals surface area contributed by atoms with Crippen LogP contribution in [0.1, 0.15) is 39.3 Å².